The van der Waals surface area contributed by atoms with Crippen molar-refractivity contribution >= 4 is 5.91 Å². The van der Waals surface area contributed by atoms with Crippen LogP contribution in [0.4, 0.5) is 0 Å². The van der Waals surface area contributed by atoms with Crippen molar-refractivity contribution in [3.63, 3.8) is 0 Å². The molecule has 0 radical (unpaired) electrons. The number of nitrogens with one attached hydrogen (secondary N) is 1. The van der Waals surface area contributed by atoms with Gasteiger partial charge in [0.05, 0.1) is 12.2 Å². The van der Waals surface area contributed by atoms with Gasteiger partial charge in [-0.25, -0.2) is 0 Å². The molecule has 1 N–H and O–H groups in total. The molecular formula is C8H13N3O. The first-order chi connectivity index (χ1) is 5.59. The molecule has 1 rings (SSSR count). The van der Waals surface area contributed by atoms with E-state index in [1.54, 1.807) is 10.9 Å². The minimum absolute atomic E-state index is 0.0219. The van der Waals surface area contributed by atoms with Crippen LogP contribution < -0.4 is 5.32 Å². The summed E-state index contributed by atoms with van der Waals surface area (Å²) in [4.78, 5) is 10.7. The first kappa shape index (κ1) is 8.77. The Labute approximate surface area is 71.6 Å². The molecule has 1 atom stereocenters. The lowest BCUT2D eigenvalue weighted by atomic mass is 10.2. The Morgan fingerprint density at radius 1 is 1.75 bits per heavy atom. The molecule has 1 heterocycles. The minimum Gasteiger partial charge on any atom is -0.350 e. The smallest absolute Gasteiger partial charge is 0.217 e. The van der Waals surface area contributed by atoms with E-state index in [-0.39, 0.29) is 11.9 Å². The van der Waals surface area contributed by atoms with Crippen LogP contribution in [0.15, 0.2) is 12.4 Å². The van der Waals surface area contributed by atoms with Gasteiger partial charge < -0.3 is 5.32 Å². The highest BCUT2D eigenvalue weighted by molar-refractivity contribution is 5.73. The normalized spacial score (nSPS) is 12.6. The van der Waals surface area contributed by atoms with Crippen molar-refractivity contribution in [3.05, 3.63) is 18.0 Å². The van der Waals surface area contributed by atoms with Crippen molar-refractivity contribution in [1.82, 2.24) is 15.1 Å². The molecule has 4 nitrogen and oxygen atoms in total. The average Bonchev–Trinajstić information content (AvgIpc) is 2.34. The molecule has 0 saturated heterocycles. The summed E-state index contributed by atoms with van der Waals surface area (Å²) in [6.07, 6.45) is 3.64. The van der Waals surface area contributed by atoms with E-state index in [9.17, 15) is 4.79 Å². The third-order valence-electron chi connectivity index (χ3n) is 1.64. The van der Waals surface area contributed by atoms with Crippen LogP contribution in [0.5, 0.6) is 0 Å². The van der Waals surface area contributed by atoms with Gasteiger partial charge in [-0.3, -0.25) is 9.48 Å². The molecule has 0 saturated carbocycles. The lowest BCUT2D eigenvalue weighted by Crippen LogP contribution is -2.23. The molecule has 1 unspecified atom stereocenters. The number of carbonyl (C=O) groups is 1. The zero-order valence-electron chi connectivity index (χ0n) is 7.53. The summed E-state index contributed by atoms with van der Waals surface area (Å²) in [5.74, 6) is -0.0219. The van der Waals surface area contributed by atoms with Gasteiger partial charge in [-0.05, 0) is 6.92 Å². The van der Waals surface area contributed by atoms with Gasteiger partial charge in [0, 0.05) is 25.7 Å². The number of hydrogen-bond donors (Lipinski definition) is 1. The third-order valence-corrected chi connectivity index (χ3v) is 1.64. The second-order valence-electron chi connectivity index (χ2n) is 2.87. The van der Waals surface area contributed by atoms with E-state index in [1.165, 1.54) is 6.92 Å². The Balaban J connectivity index is 2.64. The van der Waals surface area contributed by atoms with E-state index < -0.39 is 0 Å². The molecule has 0 aliphatic rings. The number of nitrogens with zero attached hydrogens (tertiary/aromatic N) is 2. The standard InChI is InChI=1S/C8H13N3O/c1-6(10-7(2)12)8-4-9-11(3)5-8/h4-6H,1-3H3,(H,10,12). The fourth-order valence-corrected chi connectivity index (χ4v) is 1.05. The largest absolute Gasteiger partial charge is 0.350 e. The quantitative estimate of drug-likeness (QED) is 0.701. The average molecular weight is 167 g/mol. The lowest BCUT2D eigenvalue weighted by Gasteiger charge is -2.08. The molecule has 66 valence electrons. The summed E-state index contributed by atoms with van der Waals surface area (Å²) in [5, 5.41) is 6.79. The highest BCUT2D eigenvalue weighted by Gasteiger charge is 2.07. The van der Waals surface area contributed by atoms with Crippen LogP contribution in [0.25, 0.3) is 0 Å². The second kappa shape index (κ2) is 3.38. The molecule has 0 spiro atoms. The maximum Gasteiger partial charge on any atom is 0.217 e. The summed E-state index contributed by atoms with van der Waals surface area (Å²) >= 11 is 0. The van der Waals surface area contributed by atoms with Gasteiger partial charge in [0.15, 0.2) is 0 Å². The van der Waals surface area contributed by atoms with Crippen LogP contribution in [-0.4, -0.2) is 15.7 Å². The number of aromatic nitrogens is 2. The van der Waals surface area contributed by atoms with E-state index >= 15 is 0 Å². The van der Waals surface area contributed by atoms with Gasteiger partial charge in [-0.1, -0.05) is 0 Å². The minimum atomic E-state index is -0.0219. The maximum atomic E-state index is 10.7. The first-order valence-corrected chi connectivity index (χ1v) is 3.85. The summed E-state index contributed by atoms with van der Waals surface area (Å²) < 4.78 is 1.72. The van der Waals surface area contributed by atoms with Crippen molar-refractivity contribution in [2.75, 3.05) is 0 Å². The van der Waals surface area contributed by atoms with Gasteiger partial charge in [-0.2, -0.15) is 5.10 Å². The molecule has 0 bridgehead atoms. The number of amides is 1. The zero-order chi connectivity index (χ0) is 9.14. The van der Waals surface area contributed by atoms with Crippen LogP contribution in [-0.2, 0) is 11.8 Å². The number of aryl methyl sites for hydroxylation is 1. The summed E-state index contributed by atoms with van der Waals surface area (Å²) in [6, 6.07) is 0.0381. The lowest BCUT2D eigenvalue weighted by molar-refractivity contribution is -0.119. The molecule has 0 aliphatic carbocycles. The molecule has 0 aromatic carbocycles. The van der Waals surface area contributed by atoms with Crippen LogP contribution in [0.1, 0.15) is 25.5 Å². The summed E-state index contributed by atoms with van der Waals surface area (Å²) in [6.45, 7) is 3.44. The van der Waals surface area contributed by atoms with Crippen LogP contribution in [0.2, 0.25) is 0 Å². The summed E-state index contributed by atoms with van der Waals surface area (Å²) in [7, 11) is 1.85. The maximum absolute atomic E-state index is 10.7. The van der Waals surface area contributed by atoms with Crippen molar-refractivity contribution in [2.24, 2.45) is 7.05 Å². The van der Waals surface area contributed by atoms with E-state index in [0.29, 0.717) is 0 Å². The highest BCUT2D eigenvalue weighted by Crippen LogP contribution is 2.09. The molecule has 4 heteroatoms. The fourth-order valence-electron chi connectivity index (χ4n) is 1.05. The van der Waals surface area contributed by atoms with Crippen molar-refractivity contribution in [3.8, 4) is 0 Å². The van der Waals surface area contributed by atoms with Crippen molar-refractivity contribution in [2.45, 2.75) is 19.9 Å². The Morgan fingerprint density at radius 2 is 2.42 bits per heavy atom. The molecule has 1 aromatic rings. The van der Waals surface area contributed by atoms with Crippen LogP contribution >= 0.6 is 0 Å². The van der Waals surface area contributed by atoms with Gasteiger partial charge in [0.1, 0.15) is 0 Å². The Hall–Kier alpha value is -1.32. The Kier molecular flexibility index (Phi) is 2.47. The van der Waals surface area contributed by atoms with E-state index in [0.717, 1.165) is 5.56 Å². The Bertz CT molecular complexity index is 280. The molecule has 1 aromatic heterocycles. The van der Waals surface area contributed by atoms with Gasteiger partial charge in [0.25, 0.3) is 0 Å². The van der Waals surface area contributed by atoms with Crippen molar-refractivity contribution < 1.29 is 4.79 Å². The van der Waals surface area contributed by atoms with Gasteiger partial charge >= 0.3 is 0 Å². The SMILES string of the molecule is CC(=O)NC(C)c1cnn(C)c1. The van der Waals surface area contributed by atoms with Gasteiger partial charge in [0.2, 0.25) is 5.91 Å². The molecule has 0 fully saturated rings. The number of hydrogen-bond acceptors (Lipinski definition) is 2. The van der Waals surface area contributed by atoms with Gasteiger partial charge in [-0.15, -0.1) is 0 Å². The predicted octanol–water partition coefficient (Wildman–Crippen LogP) is 0.617. The topological polar surface area (TPSA) is 46.9 Å². The molecule has 1 amide bonds. The third kappa shape index (κ3) is 2.08. The number of rotatable bonds is 2. The van der Waals surface area contributed by atoms with E-state index in [2.05, 4.69) is 10.4 Å². The second-order valence-corrected chi connectivity index (χ2v) is 2.87. The first-order valence-electron chi connectivity index (χ1n) is 3.85. The fraction of sp³-hybridized carbons (Fsp3) is 0.500. The zero-order valence-corrected chi connectivity index (χ0v) is 7.53. The molecule has 12 heavy (non-hydrogen) atoms. The molecule has 0 aliphatic heterocycles. The molecular weight excluding hydrogens is 154 g/mol. The summed E-state index contributed by atoms with van der Waals surface area (Å²) in [5.41, 5.74) is 1.02. The van der Waals surface area contributed by atoms with E-state index in [1.807, 2.05) is 20.2 Å². The van der Waals surface area contributed by atoms with E-state index in [4.69, 9.17) is 0 Å². The number of carbonyl (C=O) groups excluding carboxylic acids is 1. The van der Waals surface area contributed by atoms with Crippen molar-refractivity contribution in [1.29, 1.82) is 0 Å². The predicted molar refractivity (Wildman–Crippen MR) is 45.4 cm³/mol. The highest BCUT2D eigenvalue weighted by atomic mass is 16.1. The Morgan fingerprint density at radius 3 is 2.83 bits per heavy atom. The monoisotopic (exact) mass is 167 g/mol. The van der Waals surface area contributed by atoms with Crippen LogP contribution in [0, 0.1) is 0 Å². The van der Waals surface area contributed by atoms with Crippen LogP contribution in [0.3, 0.4) is 0 Å².